The first-order valence-corrected chi connectivity index (χ1v) is 6.59. The quantitative estimate of drug-likeness (QED) is 0.260. The minimum Gasteiger partial charge on any atom is -0.461 e. The van der Waals surface area contributed by atoms with Gasteiger partial charge in [-0.1, -0.05) is 0 Å². The van der Waals surface area contributed by atoms with Gasteiger partial charge in [-0.05, 0) is 26.2 Å². The Balaban J connectivity index is 4.62. The number of esters is 1. The third kappa shape index (κ3) is 6.07. The lowest BCUT2D eigenvalue weighted by Crippen LogP contribution is -2.20. The highest BCUT2D eigenvalue weighted by Crippen LogP contribution is 2.07. The Bertz CT molecular complexity index is 291. The second-order valence-corrected chi connectivity index (χ2v) is 4.43. The van der Waals surface area contributed by atoms with E-state index in [1.165, 1.54) is 11.8 Å². The van der Waals surface area contributed by atoms with E-state index in [2.05, 4.69) is 22.9 Å². The van der Waals surface area contributed by atoms with Crippen molar-refractivity contribution in [3.05, 3.63) is 11.8 Å². The highest BCUT2D eigenvalue weighted by Gasteiger charge is 2.09. The standard InChI is InChI=1S/C10H18N2O2S2/c1-5-14-9(13)8(11-3)6-7(2)12-10(15)16-4/h6-7,11H,5H2,1-4H3,(H,12,15)/b8-6+. The minimum absolute atomic E-state index is 0.119. The number of rotatable bonds is 5. The fourth-order valence-electron chi connectivity index (χ4n) is 0.968. The SMILES string of the molecule is CCOC(=O)/C(=C\C(C)/N=C(\S)SC)NC. The van der Waals surface area contributed by atoms with Gasteiger partial charge in [-0.2, -0.15) is 0 Å². The van der Waals surface area contributed by atoms with Crippen molar-refractivity contribution in [2.24, 2.45) is 4.99 Å². The first-order valence-electron chi connectivity index (χ1n) is 4.92. The molecule has 0 amide bonds. The normalized spacial score (nSPS) is 14.6. The smallest absolute Gasteiger partial charge is 0.354 e. The van der Waals surface area contributed by atoms with Gasteiger partial charge in [0.05, 0.1) is 12.6 Å². The van der Waals surface area contributed by atoms with Crippen LogP contribution in [-0.2, 0) is 9.53 Å². The number of thiol groups is 1. The number of nitrogens with zero attached hydrogens (tertiary/aromatic N) is 1. The summed E-state index contributed by atoms with van der Waals surface area (Å²) in [4.78, 5) is 15.7. The van der Waals surface area contributed by atoms with Gasteiger partial charge < -0.3 is 10.1 Å². The Morgan fingerprint density at radius 1 is 1.69 bits per heavy atom. The number of ether oxygens (including phenoxy) is 1. The summed E-state index contributed by atoms with van der Waals surface area (Å²) in [5.74, 6) is -0.364. The fraction of sp³-hybridized carbons (Fsp3) is 0.600. The highest BCUT2D eigenvalue weighted by atomic mass is 32.2. The molecule has 1 unspecified atom stereocenters. The molecule has 0 aliphatic rings. The number of nitrogens with one attached hydrogen (secondary N) is 1. The van der Waals surface area contributed by atoms with Gasteiger partial charge in [0.25, 0.3) is 0 Å². The van der Waals surface area contributed by atoms with Crippen molar-refractivity contribution >= 4 is 34.7 Å². The van der Waals surface area contributed by atoms with Crippen LogP contribution in [0.4, 0.5) is 0 Å². The zero-order valence-corrected chi connectivity index (χ0v) is 11.7. The summed E-state index contributed by atoms with van der Waals surface area (Å²) >= 11 is 5.62. The Morgan fingerprint density at radius 3 is 2.75 bits per heavy atom. The van der Waals surface area contributed by atoms with Gasteiger partial charge in [-0.15, -0.1) is 24.4 Å². The second kappa shape index (κ2) is 8.52. The van der Waals surface area contributed by atoms with Gasteiger partial charge in [0.15, 0.2) is 0 Å². The van der Waals surface area contributed by atoms with E-state index >= 15 is 0 Å². The predicted molar refractivity (Wildman–Crippen MR) is 73.2 cm³/mol. The molecule has 0 saturated carbocycles. The summed E-state index contributed by atoms with van der Waals surface area (Å²) in [5.41, 5.74) is 0.417. The van der Waals surface area contributed by atoms with Gasteiger partial charge in [0, 0.05) is 7.05 Å². The number of hydrogen-bond donors (Lipinski definition) is 2. The molecule has 6 heteroatoms. The van der Waals surface area contributed by atoms with Crippen molar-refractivity contribution in [1.29, 1.82) is 0 Å². The van der Waals surface area contributed by atoms with Gasteiger partial charge >= 0.3 is 5.97 Å². The van der Waals surface area contributed by atoms with Crippen LogP contribution in [0.1, 0.15) is 13.8 Å². The first-order chi connectivity index (χ1) is 7.54. The van der Waals surface area contributed by atoms with Crippen LogP contribution in [0.5, 0.6) is 0 Å². The molecule has 92 valence electrons. The highest BCUT2D eigenvalue weighted by molar-refractivity contribution is 8.32. The van der Waals surface area contributed by atoms with Crippen LogP contribution in [0, 0.1) is 0 Å². The average Bonchev–Trinajstić information content (AvgIpc) is 2.25. The van der Waals surface area contributed by atoms with Crippen molar-refractivity contribution in [3.63, 3.8) is 0 Å². The number of carbonyl (C=O) groups is 1. The van der Waals surface area contributed by atoms with E-state index in [-0.39, 0.29) is 12.0 Å². The largest absolute Gasteiger partial charge is 0.461 e. The monoisotopic (exact) mass is 262 g/mol. The fourth-order valence-corrected chi connectivity index (χ4v) is 1.42. The Kier molecular flexibility index (Phi) is 8.19. The number of hydrogen-bond acceptors (Lipinski definition) is 5. The van der Waals surface area contributed by atoms with Gasteiger partial charge in [-0.3, -0.25) is 4.99 Å². The molecule has 0 aromatic heterocycles. The van der Waals surface area contributed by atoms with Crippen LogP contribution in [0.3, 0.4) is 0 Å². The number of carbonyl (C=O) groups excluding carboxylic acids is 1. The van der Waals surface area contributed by atoms with E-state index in [1.807, 2.05) is 13.2 Å². The molecule has 0 heterocycles. The van der Waals surface area contributed by atoms with Gasteiger partial charge in [-0.25, -0.2) is 4.79 Å². The number of aliphatic imine (C=N–C) groups is 1. The van der Waals surface area contributed by atoms with Gasteiger partial charge in [0.1, 0.15) is 10.1 Å². The van der Waals surface area contributed by atoms with E-state index in [4.69, 9.17) is 4.74 Å². The van der Waals surface area contributed by atoms with E-state index in [0.717, 1.165) is 0 Å². The molecule has 0 aliphatic heterocycles. The topological polar surface area (TPSA) is 50.7 Å². The van der Waals surface area contributed by atoms with E-state index in [1.54, 1.807) is 20.0 Å². The lowest BCUT2D eigenvalue weighted by Gasteiger charge is -2.08. The van der Waals surface area contributed by atoms with Crippen LogP contribution in [0.25, 0.3) is 0 Å². The molecule has 16 heavy (non-hydrogen) atoms. The molecule has 0 aromatic rings. The lowest BCUT2D eigenvalue weighted by molar-refractivity contribution is -0.138. The maximum Gasteiger partial charge on any atom is 0.354 e. The van der Waals surface area contributed by atoms with Crippen molar-refractivity contribution in [2.45, 2.75) is 19.9 Å². The molecule has 1 atom stereocenters. The number of likely N-dealkylation sites (N-methyl/N-ethyl adjacent to an activating group) is 1. The molecule has 4 nitrogen and oxygen atoms in total. The number of thioether (sulfide) groups is 1. The van der Waals surface area contributed by atoms with Crippen LogP contribution in [0.2, 0.25) is 0 Å². The molecule has 0 rings (SSSR count). The zero-order chi connectivity index (χ0) is 12.6. The zero-order valence-electron chi connectivity index (χ0n) is 9.98. The summed E-state index contributed by atoms with van der Waals surface area (Å²) < 4.78 is 5.57. The maximum atomic E-state index is 11.4. The molecule has 0 fully saturated rings. The Hall–Kier alpha value is -0.620. The molecule has 1 N–H and O–H groups in total. The average molecular weight is 262 g/mol. The summed E-state index contributed by atoms with van der Waals surface area (Å²) in [6.07, 6.45) is 3.61. The summed E-state index contributed by atoms with van der Waals surface area (Å²) in [5, 5.41) is 2.79. The van der Waals surface area contributed by atoms with E-state index < -0.39 is 0 Å². The van der Waals surface area contributed by atoms with Crippen molar-refractivity contribution in [3.8, 4) is 0 Å². The van der Waals surface area contributed by atoms with E-state index in [9.17, 15) is 4.79 Å². The first kappa shape index (κ1) is 15.4. The maximum absolute atomic E-state index is 11.4. The molecule has 0 spiro atoms. The Labute approximate surface area is 106 Å². The van der Waals surface area contributed by atoms with Crippen LogP contribution < -0.4 is 5.32 Å². The predicted octanol–water partition coefficient (Wildman–Crippen LogP) is 1.69. The molecule has 0 bridgehead atoms. The molecular weight excluding hydrogens is 244 g/mol. The molecule has 0 radical (unpaired) electrons. The molecule has 0 aromatic carbocycles. The van der Waals surface area contributed by atoms with Crippen LogP contribution >= 0.6 is 24.4 Å². The summed E-state index contributed by atoms with van der Waals surface area (Å²) in [7, 11) is 1.68. The van der Waals surface area contributed by atoms with Gasteiger partial charge in [0.2, 0.25) is 0 Å². The molecule has 0 saturated heterocycles. The summed E-state index contributed by atoms with van der Waals surface area (Å²) in [6.45, 7) is 4.01. The lowest BCUT2D eigenvalue weighted by atomic mass is 10.3. The third-order valence-electron chi connectivity index (χ3n) is 1.67. The van der Waals surface area contributed by atoms with Crippen molar-refractivity contribution in [1.82, 2.24) is 5.32 Å². The molecular formula is C10H18N2O2S2. The minimum atomic E-state index is -0.364. The van der Waals surface area contributed by atoms with Crippen LogP contribution in [0.15, 0.2) is 16.8 Å². The Morgan fingerprint density at radius 2 is 2.31 bits per heavy atom. The van der Waals surface area contributed by atoms with Crippen LogP contribution in [-0.4, -0.2) is 36.3 Å². The second-order valence-electron chi connectivity index (χ2n) is 2.91. The van der Waals surface area contributed by atoms with Crippen molar-refractivity contribution < 1.29 is 9.53 Å². The van der Waals surface area contributed by atoms with E-state index in [0.29, 0.717) is 16.7 Å². The molecule has 0 aliphatic carbocycles. The summed E-state index contributed by atoms with van der Waals surface area (Å²) in [6, 6.07) is -0.119. The third-order valence-corrected chi connectivity index (χ3v) is 2.80. The van der Waals surface area contributed by atoms with Crippen molar-refractivity contribution in [2.75, 3.05) is 19.9 Å².